The Kier molecular flexibility index (Phi) is 3.05. The molecule has 1 aromatic rings. The highest BCUT2D eigenvalue weighted by molar-refractivity contribution is 5.94. The molecule has 5 nitrogen and oxygen atoms in total. The maximum absolute atomic E-state index is 12.0. The largest absolute Gasteiger partial charge is 0.378 e. The molecule has 1 amide bonds. The van der Waals surface area contributed by atoms with Crippen molar-refractivity contribution in [1.82, 2.24) is 9.47 Å². The molecule has 0 N–H and O–H groups in total. The molecular formula is C11H14N2O3. The van der Waals surface area contributed by atoms with E-state index in [1.165, 1.54) is 10.6 Å². The normalized spacial score (nSPS) is 16.2. The molecule has 2 rings (SSSR count). The zero-order valence-electron chi connectivity index (χ0n) is 9.18. The van der Waals surface area contributed by atoms with Crippen molar-refractivity contribution in [2.45, 2.75) is 0 Å². The van der Waals surface area contributed by atoms with Crippen LogP contribution < -0.4 is 5.56 Å². The van der Waals surface area contributed by atoms with Crippen molar-refractivity contribution >= 4 is 5.91 Å². The number of ether oxygens (including phenoxy) is 1. The van der Waals surface area contributed by atoms with Crippen LogP contribution in [0.25, 0.3) is 0 Å². The summed E-state index contributed by atoms with van der Waals surface area (Å²) < 4.78 is 6.61. The van der Waals surface area contributed by atoms with Gasteiger partial charge >= 0.3 is 0 Å². The second kappa shape index (κ2) is 4.49. The van der Waals surface area contributed by atoms with Crippen molar-refractivity contribution < 1.29 is 9.53 Å². The van der Waals surface area contributed by atoms with Gasteiger partial charge in [0.05, 0.1) is 13.2 Å². The molecule has 1 aliphatic rings. The van der Waals surface area contributed by atoms with Crippen LogP contribution in [-0.4, -0.2) is 41.7 Å². The number of hydrogen-bond donors (Lipinski definition) is 0. The Morgan fingerprint density at radius 2 is 2.06 bits per heavy atom. The van der Waals surface area contributed by atoms with E-state index in [4.69, 9.17) is 4.74 Å². The number of nitrogens with zero attached hydrogens (tertiary/aromatic N) is 2. The van der Waals surface area contributed by atoms with Gasteiger partial charge < -0.3 is 14.2 Å². The summed E-state index contributed by atoms with van der Waals surface area (Å²) in [6.45, 7) is 2.31. The third kappa shape index (κ3) is 2.14. The van der Waals surface area contributed by atoms with E-state index in [0.29, 0.717) is 31.9 Å². The maximum atomic E-state index is 12.0. The van der Waals surface area contributed by atoms with Crippen LogP contribution >= 0.6 is 0 Å². The summed E-state index contributed by atoms with van der Waals surface area (Å²) in [5.74, 6) is -0.0963. The molecule has 0 unspecified atom stereocenters. The average Bonchev–Trinajstić information content (AvgIpc) is 2.33. The lowest BCUT2D eigenvalue weighted by Gasteiger charge is -2.26. The third-order valence-electron chi connectivity index (χ3n) is 2.65. The highest BCUT2D eigenvalue weighted by atomic mass is 16.5. The molecular weight excluding hydrogens is 208 g/mol. The van der Waals surface area contributed by atoms with Gasteiger partial charge in [-0.3, -0.25) is 9.59 Å². The van der Waals surface area contributed by atoms with E-state index < -0.39 is 0 Å². The predicted octanol–water partition coefficient (Wildman–Crippen LogP) is -0.142. The fourth-order valence-corrected chi connectivity index (χ4v) is 1.63. The van der Waals surface area contributed by atoms with Gasteiger partial charge in [0.1, 0.15) is 0 Å². The Bertz CT molecular complexity index is 447. The summed E-state index contributed by atoms with van der Waals surface area (Å²) in [6.07, 6.45) is 1.61. The summed E-state index contributed by atoms with van der Waals surface area (Å²) in [7, 11) is 1.66. The molecule has 0 saturated carbocycles. The first-order valence-electron chi connectivity index (χ1n) is 5.22. The number of pyridine rings is 1. The zero-order chi connectivity index (χ0) is 11.5. The predicted molar refractivity (Wildman–Crippen MR) is 58.4 cm³/mol. The molecule has 0 radical (unpaired) electrons. The van der Waals surface area contributed by atoms with Crippen molar-refractivity contribution in [1.29, 1.82) is 0 Å². The molecule has 1 fully saturated rings. The SMILES string of the molecule is Cn1ccc(C(=O)N2CCOCC2)cc1=O. The fraction of sp³-hybridized carbons (Fsp3) is 0.455. The first-order valence-corrected chi connectivity index (χ1v) is 5.22. The second-order valence-electron chi connectivity index (χ2n) is 3.77. The second-order valence-corrected chi connectivity index (χ2v) is 3.77. The average molecular weight is 222 g/mol. The Morgan fingerprint density at radius 3 is 2.69 bits per heavy atom. The first kappa shape index (κ1) is 10.9. The standard InChI is InChI=1S/C11H14N2O3/c1-12-3-2-9(8-10(12)14)11(15)13-4-6-16-7-5-13/h2-3,8H,4-7H2,1H3. The Balaban J connectivity index is 2.19. The van der Waals surface area contributed by atoms with Crippen LogP contribution in [0.2, 0.25) is 0 Å². The van der Waals surface area contributed by atoms with Crippen LogP contribution in [0.15, 0.2) is 23.1 Å². The number of aryl methyl sites for hydroxylation is 1. The number of hydrogen-bond acceptors (Lipinski definition) is 3. The van der Waals surface area contributed by atoms with E-state index in [1.807, 2.05) is 0 Å². The Morgan fingerprint density at radius 1 is 1.38 bits per heavy atom. The minimum absolute atomic E-state index is 0.0963. The number of amides is 1. The highest BCUT2D eigenvalue weighted by Crippen LogP contribution is 2.04. The molecule has 86 valence electrons. The smallest absolute Gasteiger partial charge is 0.254 e. The number of carbonyl (C=O) groups is 1. The van der Waals surface area contributed by atoms with Gasteiger partial charge in [0.25, 0.3) is 11.5 Å². The van der Waals surface area contributed by atoms with E-state index in [0.717, 1.165) is 0 Å². The van der Waals surface area contributed by atoms with Gasteiger partial charge in [-0.25, -0.2) is 0 Å². The minimum atomic E-state index is -0.167. The lowest BCUT2D eigenvalue weighted by molar-refractivity contribution is 0.0302. The molecule has 2 heterocycles. The van der Waals surface area contributed by atoms with Gasteiger partial charge in [0, 0.05) is 38.0 Å². The van der Waals surface area contributed by atoms with E-state index in [2.05, 4.69) is 0 Å². The van der Waals surface area contributed by atoms with Gasteiger partial charge in [0.15, 0.2) is 0 Å². The number of rotatable bonds is 1. The summed E-state index contributed by atoms with van der Waals surface area (Å²) in [4.78, 5) is 25.1. The van der Waals surface area contributed by atoms with E-state index in [-0.39, 0.29) is 11.5 Å². The zero-order valence-corrected chi connectivity index (χ0v) is 9.18. The quantitative estimate of drug-likeness (QED) is 0.664. The summed E-state index contributed by atoms with van der Waals surface area (Å²) in [5, 5.41) is 0. The molecule has 0 atom stereocenters. The monoisotopic (exact) mass is 222 g/mol. The summed E-state index contributed by atoms with van der Waals surface area (Å²) in [6, 6.07) is 3.04. The van der Waals surface area contributed by atoms with Crippen LogP contribution in [-0.2, 0) is 11.8 Å². The molecule has 16 heavy (non-hydrogen) atoms. The van der Waals surface area contributed by atoms with Crippen LogP contribution in [0.4, 0.5) is 0 Å². The topological polar surface area (TPSA) is 51.5 Å². The van der Waals surface area contributed by atoms with Crippen molar-refractivity contribution in [3.8, 4) is 0 Å². The van der Waals surface area contributed by atoms with Gasteiger partial charge in [-0.05, 0) is 6.07 Å². The van der Waals surface area contributed by atoms with Gasteiger partial charge in [-0.2, -0.15) is 0 Å². The molecule has 1 aliphatic heterocycles. The van der Waals surface area contributed by atoms with Crippen molar-refractivity contribution in [3.63, 3.8) is 0 Å². The lowest BCUT2D eigenvalue weighted by Crippen LogP contribution is -2.41. The molecule has 0 aromatic carbocycles. The fourth-order valence-electron chi connectivity index (χ4n) is 1.63. The van der Waals surface area contributed by atoms with Crippen LogP contribution in [0.3, 0.4) is 0 Å². The summed E-state index contributed by atoms with van der Waals surface area (Å²) in [5.41, 5.74) is 0.282. The van der Waals surface area contributed by atoms with Crippen molar-refractivity contribution in [3.05, 3.63) is 34.2 Å². The van der Waals surface area contributed by atoms with E-state index in [9.17, 15) is 9.59 Å². The maximum Gasteiger partial charge on any atom is 0.254 e. The molecule has 1 saturated heterocycles. The van der Waals surface area contributed by atoms with Crippen molar-refractivity contribution in [2.75, 3.05) is 26.3 Å². The van der Waals surface area contributed by atoms with E-state index in [1.54, 1.807) is 24.2 Å². The van der Waals surface area contributed by atoms with Gasteiger partial charge in [-0.15, -0.1) is 0 Å². The Labute approximate surface area is 93.2 Å². The molecule has 0 aliphatic carbocycles. The molecule has 5 heteroatoms. The number of morpholine rings is 1. The number of aromatic nitrogens is 1. The highest BCUT2D eigenvalue weighted by Gasteiger charge is 2.18. The van der Waals surface area contributed by atoms with Crippen LogP contribution in [0.1, 0.15) is 10.4 Å². The van der Waals surface area contributed by atoms with Crippen molar-refractivity contribution in [2.24, 2.45) is 7.05 Å². The first-order chi connectivity index (χ1) is 7.68. The third-order valence-corrected chi connectivity index (χ3v) is 2.65. The van der Waals surface area contributed by atoms with Gasteiger partial charge in [-0.1, -0.05) is 0 Å². The minimum Gasteiger partial charge on any atom is -0.378 e. The van der Waals surface area contributed by atoms with E-state index >= 15 is 0 Å². The Hall–Kier alpha value is -1.62. The molecule has 1 aromatic heterocycles. The molecule has 0 bridgehead atoms. The lowest BCUT2D eigenvalue weighted by atomic mass is 10.2. The number of carbonyl (C=O) groups excluding carboxylic acids is 1. The van der Waals surface area contributed by atoms with Crippen LogP contribution in [0.5, 0.6) is 0 Å². The van der Waals surface area contributed by atoms with Gasteiger partial charge in [0.2, 0.25) is 0 Å². The molecule has 0 spiro atoms. The summed E-state index contributed by atoms with van der Waals surface area (Å²) >= 11 is 0. The van der Waals surface area contributed by atoms with Crippen LogP contribution in [0, 0.1) is 0 Å².